The van der Waals surface area contributed by atoms with Crippen LogP contribution in [0.4, 0.5) is 4.79 Å². The van der Waals surface area contributed by atoms with E-state index in [0.717, 1.165) is 44.5 Å². The summed E-state index contributed by atoms with van der Waals surface area (Å²) in [6.07, 6.45) is 4.39. The first-order valence-corrected chi connectivity index (χ1v) is 15.9. The van der Waals surface area contributed by atoms with Gasteiger partial charge in [-0.3, -0.25) is 9.59 Å². The van der Waals surface area contributed by atoms with Crippen molar-refractivity contribution in [3.8, 4) is 0 Å². The summed E-state index contributed by atoms with van der Waals surface area (Å²) in [6, 6.07) is 29.7. The number of nitrogens with one attached hydrogen (secondary N) is 2. The first kappa shape index (κ1) is 31.3. The standard InChI is InChI=1S/C36H44N4O4/c41-33-32(19-10-23-37-35(43)44-28-31-16-8-3-9-17-31)38-34(42)36(40(33)24-11-18-29-12-4-1-5-13-29)21-26-39(27-22-36)25-20-30-14-6-2-7-15-30/h1-9,12-17,32H,10-11,18-28H2,(H,37,43)(H,38,42)/t32-/m0/s1. The maximum absolute atomic E-state index is 14.0. The first-order chi connectivity index (χ1) is 21.5. The van der Waals surface area contributed by atoms with E-state index in [2.05, 4.69) is 51.9 Å². The smallest absolute Gasteiger partial charge is 0.407 e. The molecule has 2 saturated heterocycles. The molecule has 0 aromatic heterocycles. The average Bonchev–Trinajstić information content (AvgIpc) is 3.07. The normalized spacial score (nSPS) is 18.2. The van der Waals surface area contributed by atoms with Gasteiger partial charge in [-0.25, -0.2) is 4.79 Å². The van der Waals surface area contributed by atoms with Gasteiger partial charge in [-0.15, -0.1) is 0 Å². The Morgan fingerprint density at radius 2 is 1.39 bits per heavy atom. The fraction of sp³-hybridized carbons (Fsp3) is 0.417. The highest BCUT2D eigenvalue weighted by atomic mass is 16.5. The molecule has 3 amide bonds. The number of alkyl carbamates (subject to hydrolysis) is 1. The van der Waals surface area contributed by atoms with Gasteiger partial charge in [0.2, 0.25) is 11.8 Å². The third kappa shape index (κ3) is 8.26. The predicted octanol–water partition coefficient (Wildman–Crippen LogP) is 4.73. The number of piperazine rings is 1. The van der Waals surface area contributed by atoms with Gasteiger partial charge in [0.1, 0.15) is 18.2 Å². The molecule has 3 aromatic carbocycles. The molecule has 8 nitrogen and oxygen atoms in total. The van der Waals surface area contributed by atoms with E-state index in [1.807, 2.05) is 59.5 Å². The van der Waals surface area contributed by atoms with E-state index in [1.165, 1.54) is 11.1 Å². The van der Waals surface area contributed by atoms with Gasteiger partial charge in [0.05, 0.1) is 0 Å². The third-order valence-corrected chi connectivity index (χ3v) is 8.89. The van der Waals surface area contributed by atoms with Crippen LogP contribution in [0.3, 0.4) is 0 Å². The molecule has 2 aliphatic rings. The molecule has 0 radical (unpaired) electrons. The molecule has 0 unspecified atom stereocenters. The Balaban J connectivity index is 1.15. The van der Waals surface area contributed by atoms with Crippen molar-refractivity contribution in [3.05, 3.63) is 108 Å². The number of likely N-dealkylation sites (tertiary alicyclic amines) is 1. The van der Waals surface area contributed by atoms with E-state index in [1.54, 1.807) is 0 Å². The maximum Gasteiger partial charge on any atom is 0.407 e. The Morgan fingerprint density at radius 1 is 0.795 bits per heavy atom. The fourth-order valence-corrected chi connectivity index (χ4v) is 6.33. The van der Waals surface area contributed by atoms with Gasteiger partial charge in [-0.05, 0) is 61.6 Å². The van der Waals surface area contributed by atoms with Gasteiger partial charge in [-0.1, -0.05) is 91.0 Å². The number of aryl methyl sites for hydroxylation is 1. The maximum atomic E-state index is 14.0. The zero-order valence-electron chi connectivity index (χ0n) is 25.5. The molecule has 1 spiro atoms. The van der Waals surface area contributed by atoms with Gasteiger partial charge in [0.15, 0.2) is 0 Å². The molecule has 5 rings (SSSR count). The van der Waals surface area contributed by atoms with Gasteiger partial charge < -0.3 is 25.2 Å². The Hall–Kier alpha value is -4.17. The molecule has 2 heterocycles. The second kappa shape index (κ2) is 15.5. The molecular weight excluding hydrogens is 552 g/mol. The summed E-state index contributed by atoms with van der Waals surface area (Å²) in [4.78, 5) is 44.2. The fourth-order valence-electron chi connectivity index (χ4n) is 6.33. The summed E-state index contributed by atoms with van der Waals surface area (Å²) < 4.78 is 5.28. The summed E-state index contributed by atoms with van der Waals surface area (Å²) in [5, 5.41) is 5.84. The highest BCUT2D eigenvalue weighted by molar-refractivity contribution is 6.00. The number of hydrogen-bond acceptors (Lipinski definition) is 5. The lowest BCUT2D eigenvalue weighted by molar-refractivity contribution is -0.161. The average molecular weight is 597 g/mol. The lowest BCUT2D eigenvalue weighted by atomic mass is 9.81. The van der Waals surface area contributed by atoms with Crippen LogP contribution in [0.25, 0.3) is 0 Å². The summed E-state index contributed by atoms with van der Waals surface area (Å²) >= 11 is 0. The Bertz CT molecular complexity index is 1340. The zero-order chi connectivity index (χ0) is 30.6. The molecule has 2 aliphatic heterocycles. The second-order valence-electron chi connectivity index (χ2n) is 11.8. The number of nitrogens with zero attached hydrogens (tertiary/aromatic N) is 2. The lowest BCUT2D eigenvalue weighted by Crippen LogP contribution is -2.73. The molecule has 0 aliphatic carbocycles. The van der Waals surface area contributed by atoms with Crippen LogP contribution < -0.4 is 10.6 Å². The van der Waals surface area contributed by atoms with Crippen molar-refractivity contribution in [2.24, 2.45) is 0 Å². The summed E-state index contributed by atoms with van der Waals surface area (Å²) in [6.45, 7) is 3.61. The zero-order valence-corrected chi connectivity index (χ0v) is 25.5. The number of ether oxygens (including phenoxy) is 1. The number of carbonyl (C=O) groups is 3. The Kier molecular flexibility index (Phi) is 11.0. The van der Waals surface area contributed by atoms with Crippen molar-refractivity contribution in [3.63, 3.8) is 0 Å². The molecule has 1 atom stereocenters. The number of benzene rings is 3. The summed E-state index contributed by atoms with van der Waals surface area (Å²) in [5.74, 6) is -0.0539. The molecule has 44 heavy (non-hydrogen) atoms. The minimum atomic E-state index is -0.812. The van der Waals surface area contributed by atoms with Crippen LogP contribution in [0.1, 0.15) is 48.8 Å². The highest BCUT2D eigenvalue weighted by Crippen LogP contribution is 2.34. The van der Waals surface area contributed by atoms with Gasteiger partial charge in [0.25, 0.3) is 0 Å². The SMILES string of the molecule is O=C(NCCC[C@@H]1NC(=O)C2(CCN(CCc3ccccc3)CC2)N(CCCc2ccccc2)C1=O)OCc1ccccc1. The van der Waals surface area contributed by atoms with Crippen molar-refractivity contribution in [1.29, 1.82) is 0 Å². The molecule has 2 N–H and O–H groups in total. The molecule has 0 bridgehead atoms. The molecule has 232 valence electrons. The van der Waals surface area contributed by atoms with Crippen molar-refractivity contribution < 1.29 is 19.1 Å². The second-order valence-corrected chi connectivity index (χ2v) is 11.8. The topological polar surface area (TPSA) is 91.0 Å². The highest BCUT2D eigenvalue weighted by Gasteiger charge is 2.53. The number of piperidine rings is 1. The van der Waals surface area contributed by atoms with Crippen LogP contribution in [0.15, 0.2) is 91.0 Å². The lowest BCUT2D eigenvalue weighted by Gasteiger charge is -2.51. The van der Waals surface area contributed by atoms with E-state index in [0.29, 0.717) is 38.8 Å². The van der Waals surface area contributed by atoms with Crippen molar-refractivity contribution >= 4 is 17.9 Å². The molecule has 0 saturated carbocycles. The van der Waals surface area contributed by atoms with Crippen molar-refractivity contribution in [2.75, 3.05) is 32.7 Å². The van der Waals surface area contributed by atoms with E-state index < -0.39 is 17.7 Å². The van der Waals surface area contributed by atoms with Crippen LogP contribution >= 0.6 is 0 Å². The van der Waals surface area contributed by atoms with E-state index >= 15 is 0 Å². The summed E-state index contributed by atoms with van der Waals surface area (Å²) in [5.41, 5.74) is 2.64. The summed E-state index contributed by atoms with van der Waals surface area (Å²) in [7, 11) is 0. The van der Waals surface area contributed by atoms with Crippen molar-refractivity contribution in [1.82, 2.24) is 20.4 Å². The monoisotopic (exact) mass is 596 g/mol. The Morgan fingerprint density at radius 3 is 2.02 bits per heavy atom. The Labute approximate surface area is 260 Å². The number of hydrogen-bond donors (Lipinski definition) is 2. The van der Waals surface area contributed by atoms with Crippen LogP contribution in [-0.4, -0.2) is 72.0 Å². The van der Waals surface area contributed by atoms with Crippen LogP contribution in [0.5, 0.6) is 0 Å². The third-order valence-electron chi connectivity index (χ3n) is 8.89. The number of amides is 3. The number of rotatable bonds is 13. The molecule has 2 fully saturated rings. The quantitative estimate of drug-likeness (QED) is 0.279. The van der Waals surface area contributed by atoms with Gasteiger partial charge >= 0.3 is 6.09 Å². The van der Waals surface area contributed by atoms with E-state index in [9.17, 15) is 14.4 Å². The molecule has 8 heteroatoms. The first-order valence-electron chi connectivity index (χ1n) is 15.9. The molecular formula is C36H44N4O4. The van der Waals surface area contributed by atoms with Crippen LogP contribution in [0.2, 0.25) is 0 Å². The van der Waals surface area contributed by atoms with E-state index in [-0.39, 0.29) is 18.4 Å². The van der Waals surface area contributed by atoms with E-state index in [4.69, 9.17) is 4.74 Å². The predicted molar refractivity (Wildman–Crippen MR) is 171 cm³/mol. The van der Waals surface area contributed by atoms with Crippen LogP contribution in [-0.2, 0) is 33.8 Å². The van der Waals surface area contributed by atoms with Gasteiger partial charge in [-0.2, -0.15) is 0 Å². The number of carbonyl (C=O) groups excluding carboxylic acids is 3. The van der Waals surface area contributed by atoms with Gasteiger partial charge in [0, 0.05) is 32.7 Å². The minimum Gasteiger partial charge on any atom is -0.445 e. The van der Waals surface area contributed by atoms with Crippen molar-refractivity contribution in [2.45, 2.75) is 63.1 Å². The van der Waals surface area contributed by atoms with Crippen LogP contribution in [0, 0.1) is 0 Å². The molecule has 3 aromatic rings. The minimum absolute atomic E-state index is 0.0120. The largest absolute Gasteiger partial charge is 0.445 e.